The van der Waals surface area contributed by atoms with Crippen LogP contribution in [0.1, 0.15) is 5.56 Å². The molecule has 0 N–H and O–H groups in total. The largest absolute Gasteiger partial charge is 2.00 e. The maximum Gasteiger partial charge on any atom is 2.00 e. The van der Waals surface area contributed by atoms with E-state index in [4.69, 9.17) is 19.4 Å². The molecule has 6 nitrogen and oxygen atoms in total. The molecule has 0 amide bonds. The van der Waals surface area contributed by atoms with E-state index in [0.717, 1.165) is 127 Å². The first-order chi connectivity index (χ1) is 30.2. The Bertz CT molecular complexity index is 3910. The number of hydrogen-bond acceptors (Lipinski definition) is 3. The molecule has 5 heterocycles. The van der Waals surface area contributed by atoms with Gasteiger partial charge in [-0.2, -0.15) is 0 Å². The molecule has 0 bridgehead atoms. The Morgan fingerprint density at radius 3 is 2.24 bits per heavy atom. The van der Waals surface area contributed by atoms with Crippen LogP contribution in [-0.2, 0) is 21.1 Å². The summed E-state index contributed by atoms with van der Waals surface area (Å²) in [6.45, 7) is 2.16. The molecule has 0 radical (unpaired) electrons. The van der Waals surface area contributed by atoms with Crippen molar-refractivity contribution in [3.8, 4) is 45.1 Å². The van der Waals surface area contributed by atoms with Crippen LogP contribution < -0.4 is 4.98 Å². The molecule has 0 saturated heterocycles. The van der Waals surface area contributed by atoms with Crippen molar-refractivity contribution in [2.75, 3.05) is 0 Å². The van der Waals surface area contributed by atoms with Crippen molar-refractivity contribution in [2.24, 2.45) is 0 Å². The molecule has 7 heteroatoms. The maximum atomic E-state index is 6.68. The maximum absolute atomic E-state index is 6.68. The van der Waals surface area contributed by atoms with Crippen molar-refractivity contribution < 1.29 is 25.5 Å². The third-order valence-electron chi connectivity index (χ3n) is 12.3. The smallest absolute Gasteiger partial charge is 0.656 e. The van der Waals surface area contributed by atoms with Gasteiger partial charge in [0.15, 0.2) is 0 Å². The van der Waals surface area contributed by atoms with Gasteiger partial charge in [-0.3, -0.25) is 4.57 Å². The van der Waals surface area contributed by atoms with Crippen molar-refractivity contribution in [1.29, 1.82) is 0 Å². The van der Waals surface area contributed by atoms with E-state index in [9.17, 15) is 0 Å². The first kappa shape index (κ1) is 36.3. The van der Waals surface area contributed by atoms with E-state index in [1.807, 2.05) is 30.5 Å². The van der Waals surface area contributed by atoms with Crippen LogP contribution in [-0.4, -0.2) is 19.1 Å². The van der Waals surface area contributed by atoms with Crippen LogP contribution in [0.3, 0.4) is 0 Å². The first-order valence-electron chi connectivity index (χ1n) is 20.5. The zero-order valence-electron chi connectivity index (χ0n) is 33.3. The summed E-state index contributed by atoms with van der Waals surface area (Å²) in [5.41, 5.74) is 14.8. The van der Waals surface area contributed by atoms with E-state index in [1.165, 1.54) is 0 Å². The minimum Gasteiger partial charge on any atom is -0.656 e. The van der Waals surface area contributed by atoms with Crippen molar-refractivity contribution in [3.63, 3.8) is 0 Å². The number of pyridine rings is 1. The fourth-order valence-corrected chi connectivity index (χ4v) is 9.49. The molecule has 0 unspecified atom stereocenters. The van der Waals surface area contributed by atoms with Gasteiger partial charge in [-0.1, -0.05) is 132 Å². The molecule has 0 aliphatic carbocycles. The van der Waals surface area contributed by atoms with Gasteiger partial charge in [-0.25, -0.2) is 9.97 Å². The molecule has 5 aromatic heterocycles. The number of fused-ring (bicyclic) bond motifs is 11. The molecule has 62 heavy (non-hydrogen) atoms. The third kappa shape index (κ3) is 5.33. The molecule has 0 aliphatic rings. The number of rotatable bonds is 5. The van der Waals surface area contributed by atoms with E-state index in [0.29, 0.717) is 0 Å². The van der Waals surface area contributed by atoms with Crippen molar-refractivity contribution in [3.05, 3.63) is 194 Å². The van der Waals surface area contributed by atoms with E-state index >= 15 is 0 Å². The summed E-state index contributed by atoms with van der Waals surface area (Å²) in [5.74, 6) is 1.65. The summed E-state index contributed by atoms with van der Waals surface area (Å²) >= 11 is 0. The molecule has 0 aliphatic heterocycles. The second-order valence-corrected chi connectivity index (χ2v) is 15.7. The van der Waals surface area contributed by atoms with Gasteiger partial charge in [0.2, 0.25) is 0 Å². The van der Waals surface area contributed by atoms with Gasteiger partial charge in [0, 0.05) is 33.4 Å². The number of imidazole rings is 1. The molecule has 13 rings (SSSR count). The molecule has 0 saturated carbocycles. The zero-order valence-corrected chi connectivity index (χ0v) is 35.6. The van der Waals surface area contributed by atoms with Gasteiger partial charge in [0.1, 0.15) is 22.8 Å². The van der Waals surface area contributed by atoms with Gasteiger partial charge in [-0.15, -0.1) is 34.8 Å². The standard InChI is InChI=1S/C55H33N5O.Pt/c1-33-13-5-9-22-45(33)60-47-23-12-18-37(53(47)58-55(60)43-20-11-19-40-38-16-6-8-21-44(38)57-52(40)43)36-25-26-42-48(31-36)59(50-32-35(29-30-56-50)34-14-3-2-4-15-34)46-28-27-41-39-17-7-10-24-49(39)61-54(41)51(42)46;/h2-30,32H,1H3;/q-2;+2. The minimum atomic E-state index is 0. The predicted molar refractivity (Wildman–Crippen MR) is 249 cm³/mol. The number of para-hydroxylation sites is 5. The number of benzene rings is 8. The quantitative estimate of drug-likeness (QED) is 0.161. The molecule has 13 aromatic rings. The molecule has 294 valence electrons. The summed E-state index contributed by atoms with van der Waals surface area (Å²) in [6.07, 6.45) is 1.89. The number of aromatic nitrogens is 5. The van der Waals surface area contributed by atoms with E-state index < -0.39 is 0 Å². The van der Waals surface area contributed by atoms with Crippen molar-refractivity contribution >= 4 is 76.6 Å². The number of furan rings is 1. The van der Waals surface area contributed by atoms with Gasteiger partial charge in [-0.05, 0) is 82.4 Å². The molecular formula is C55H33N5OPt. The van der Waals surface area contributed by atoms with Crippen molar-refractivity contribution in [2.45, 2.75) is 6.92 Å². The first-order valence-corrected chi connectivity index (χ1v) is 20.5. The molecular weight excluding hydrogens is 942 g/mol. The third-order valence-corrected chi connectivity index (χ3v) is 12.3. The van der Waals surface area contributed by atoms with Gasteiger partial charge < -0.3 is 14.0 Å². The summed E-state index contributed by atoms with van der Waals surface area (Å²) in [5, 5.41) is 6.50. The zero-order chi connectivity index (χ0) is 40.2. The summed E-state index contributed by atoms with van der Waals surface area (Å²) in [7, 11) is 0. The average molecular weight is 975 g/mol. The SMILES string of the molecule is Cc1ccccc1-n1c(-c2cccc3c2[n-]c2ccccc23)nc2c(-c3[c-]c4c(cc3)c3c5oc6ccccc6c5ccc3n4-c3cc(-c4ccccc4)ccn3)cccc21.[Pt+2]. The topological polar surface area (TPSA) is 62.9 Å². The van der Waals surface area contributed by atoms with Gasteiger partial charge in [0.05, 0.1) is 16.7 Å². The van der Waals surface area contributed by atoms with E-state index in [2.05, 4.69) is 174 Å². The van der Waals surface area contributed by atoms with Crippen LogP contribution in [0, 0.1) is 13.0 Å². The monoisotopic (exact) mass is 974 g/mol. The molecule has 0 atom stereocenters. The Morgan fingerprint density at radius 1 is 0.581 bits per heavy atom. The fraction of sp³-hybridized carbons (Fsp3) is 0.0182. The summed E-state index contributed by atoms with van der Waals surface area (Å²) in [4.78, 5) is 15.8. The summed E-state index contributed by atoms with van der Waals surface area (Å²) in [6, 6.07) is 65.4. The van der Waals surface area contributed by atoms with Gasteiger partial charge in [0.25, 0.3) is 0 Å². The Morgan fingerprint density at radius 2 is 1.34 bits per heavy atom. The van der Waals surface area contributed by atoms with Crippen LogP contribution in [0.5, 0.6) is 0 Å². The van der Waals surface area contributed by atoms with Crippen LogP contribution in [0.25, 0.3) is 122 Å². The second-order valence-electron chi connectivity index (χ2n) is 15.7. The normalized spacial score (nSPS) is 11.8. The van der Waals surface area contributed by atoms with E-state index in [1.54, 1.807) is 0 Å². The summed E-state index contributed by atoms with van der Waals surface area (Å²) < 4.78 is 11.2. The minimum absolute atomic E-state index is 0. The molecule has 0 fully saturated rings. The van der Waals surface area contributed by atoms with Crippen LogP contribution in [0.15, 0.2) is 187 Å². The average Bonchev–Trinajstić information content (AvgIpc) is 4.08. The molecule has 0 spiro atoms. The van der Waals surface area contributed by atoms with Crippen LogP contribution in [0.4, 0.5) is 0 Å². The Balaban J connectivity index is 0.00000410. The predicted octanol–water partition coefficient (Wildman–Crippen LogP) is 13.8. The number of hydrogen-bond donors (Lipinski definition) is 0. The van der Waals surface area contributed by atoms with Crippen molar-refractivity contribution in [1.82, 2.24) is 24.1 Å². The fourth-order valence-electron chi connectivity index (χ4n) is 9.49. The Labute approximate surface area is 370 Å². The number of nitrogens with zero attached hydrogens (tertiary/aromatic N) is 5. The van der Waals surface area contributed by atoms with Crippen LogP contribution >= 0.6 is 0 Å². The Kier molecular flexibility index (Phi) is 8.21. The van der Waals surface area contributed by atoms with E-state index in [-0.39, 0.29) is 21.1 Å². The molecule has 8 aromatic carbocycles. The van der Waals surface area contributed by atoms with Crippen LogP contribution in [0.2, 0.25) is 0 Å². The number of aryl methyl sites for hydroxylation is 1. The van der Waals surface area contributed by atoms with Gasteiger partial charge >= 0.3 is 21.1 Å². The Hall–Kier alpha value is -7.53. The second kappa shape index (κ2) is 14.0.